The standard InChI is InChI=1S/C52H67FN6O9/c1-30(2)29-57-23-19-52(20-24-57)55-42-39-40-46(62)34(6)48-41(39)49(64)51(7,67-48)66-27-9-8-14-37(68-59-22-11-21-58(25-26-59)36-17-15-35(53)16-18-36)28-38(60)33(5)45(61)31(3)12-10-13-32(4)50(65)54-44(47(40)63)43(42)56-52/h9-10,12-13,15-18,27,30-31,33,37-38,45,55,60-63H,8,11,14,19-26,28-29H2,1-7H3/b12-10+,27-9+,32-13-,54-44?/t31?,33-,37+,38?,45-,51?/m0/s1. The molecule has 3 aromatic carbocycles. The van der Waals surface area contributed by atoms with Crippen LogP contribution < -0.4 is 25.7 Å². The lowest BCUT2D eigenvalue weighted by atomic mass is 9.86. The zero-order valence-electron chi connectivity index (χ0n) is 40.3. The smallest absolute Gasteiger partial charge is 0.312 e. The van der Waals surface area contributed by atoms with E-state index in [1.54, 1.807) is 57.2 Å². The number of carbonyl (C=O) groups excluding carboxylic acids is 2. The van der Waals surface area contributed by atoms with Gasteiger partial charge in [-0.05, 0) is 69.4 Å². The Bertz CT molecular complexity index is 2630. The average Bonchev–Trinajstić information content (AvgIpc) is 3.69. The number of Topliss-reactive ketones (excluding diaryl/α,β-unsaturated/α-hetero) is 1. The first-order chi connectivity index (χ1) is 32.4. The fraction of sp³-hybridized carbons (Fsp3) is 0.538. The lowest BCUT2D eigenvalue weighted by Gasteiger charge is -2.38. The number of phenols is 2. The zero-order valence-corrected chi connectivity index (χ0v) is 40.3. The van der Waals surface area contributed by atoms with Crippen molar-refractivity contribution < 1.29 is 48.7 Å². The van der Waals surface area contributed by atoms with Crippen molar-refractivity contribution in [3.63, 3.8) is 0 Å². The number of nitrogens with zero attached hydrogens (tertiary/aromatic N) is 5. The van der Waals surface area contributed by atoms with Gasteiger partial charge in [-0.1, -0.05) is 45.9 Å². The molecule has 68 heavy (non-hydrogen) atoms. The van der Waals surface area contributed by atoms with Crippen LogP contribution in [0.2, 0.25) is 0 Å². The van der Waals surface area contributed by atoms with E-state index in [9.17, 15) is 34.4 Å². The highest BCUT2D eigenvalue weighted by molar-refractivity contribution is 6.21. The van der Waals surface area contributed by atoms with Gasteiger partial charge in [0, 0.05) is 106 Å². The summed E-state index contributed by atoms with van der Waals surface area (Å²) in [6.45, 7) is 17.7. The first-order valence-corrected chi connectivity index (χ1v) is 24.2. The third kappa shape index (κ3) is 9.88. The molecule has 3 unspecified atom stereocenters. The maximum Gasteiger partial charge on any atom is 0.312 e. The number of ketones is 1. The van der Waals surface area contributed by atoms with Gasteiger partial charge in [-0.3, -0.25) is 19.4 Å². The number of piperidine rings is 1. The number of benzene rings is 3. The van der Waals surface area contributed by atoms with Crippen LogP contribution in [0.1, 0.15) is 96.0 Å². The van der Waals surface area contributed by atoms with Gasteiger partial charge in [0.15, 0.2) is 5.75 Å². The van der Waals surface area contributed by atoms with Crippen molar-refractivity contribution in [2.24, 2.45) is 27.7 Å². The number of hydrogen-bond donors (Lipinski definition) is 5. The predicted molar refractivity (Wildman–Crippen MR) is 257 cm³/mol. The van der Waals surface area contributed by atoms with Gasteiger partial charge >= 0.3 is 5.79 Å². The van der Waals surface area contributed by atoms with E-state index < -0.39 is 59.0 Å². The fourth-order valence-corrected chi connectivity index (χ4v) is 10.1. The molecule has 5 N–H and O–H groups in total. The highest BCUT2D eigenvalue weighted by atomic mass is 19.1. The van der Waals surface area contributed by atoms with Crippen LogP contribution >= 0.6 is 0 Å². The molecular formula is C52H67FN6O9. The minimum atomic E-state index is -1.86. The number of anilines is 2. The Hall–Kier alpha value is -5.39. The average molecular weight is 939 g/mol. The topological polar surface area (TPSA) is 189 Å². The number of aromatic hydroxyl groups is 2. The maximum atomic E-state index is 14.8. The summed E-state index contributed by atoms with van der Waals surface area (Å²) in [5.41, 5.74) is 0.986. The number of hydroxylamine groups is 2. The Balaban J connectivity index is 1.14. The van der Waals surface area contributed by atoms with Crippen LogP contribution in [0.25, 0.3) is 10.8 Å². The molecule has 16 heteroatoms. The molecule has 3 aromatic rings. The molecule has 2 saturated heterocycles. The summed E-state index contributed by atoms with van der Waals surface area (Å²) in [5.74, 6) is -4.58. The van der Waals surface area contributed by atoms with Crippen LogP contribution in [0, 0.1) is 30.5 Å². The van der Waals surface area contributed by atoms with Crippen molar-refractivity contribution in [1.82, 2.24) is 9.96 Å². The summed E-state index contributed by atoms with van der Waals surface area (Å²) in [7, 11) is 0. The van der Waals surface area contributed by atoms with Crippen LogP contribution in [0.5, 0.6) is 17.2 Å². The number of amides is 1. The lowest BCUT2D eigenvalue weighted by molar-refractivity contribution is -0.205. The Labute approximate surface area is 397 Å². The number of fused-ring (bicyclic) bond motifs is 13. The number of phenolic OH excluding ortho intramolecular Hbond substituents is 2. The second-order valence-corrected chi connectivity index (χ2v) is 19.9. The molecular weight excluding hydrogens is 872 g/mol. The van der Waals surface area contributed by atoms with Crippen molar-refractivity contribution in [3.8, 4) is 17.2 Å². The lowest BCUT2D eigenvalue weighted by Crippen LogP contribution is -2.47. The van der Waals surface area contributed by atoms with Gasteiger partial charge in [0.1, 0.15) is 33.7 Å². The van der Waals surface area contributed by atoms with Gasteiger partial charge in [-0.2, -0.15) is 5.06 Å². The highest BCUT2D eigenvalue weighted by Crippen LogP contribution is 2.51. The van der Waals surface area contributed by atoms with Crippen molar-refractivity contribution in [2.45, 2.75) is 117 Å². The van der Waals surface area contributed by atoms with E-state index in [0.29, 0.717) is 56.9 Å². The normalized spacial score (nSPS) is 29.1. The first kappa shape index (κ1) is 49.0. The summed E-state index contributed by atoms with van der Waals surface area (Å²) in [5, 5.41) is 52.8. The van der Waals surface area contributed by atoms with Crippen LogP contribution in [0.4, 0.5) is 15.8 Å². The molecule has 1 spiro atoms. The Morgan fingerprint density at radius 2 is 1.71 bits per heavy atom. The van der Waals surface area contributed by atoms with Crippen molar-refractivity contribution in [3.05, 3.63) is 88.1 Å². The number of likely N-dealkylation sites (tertiary alicyclic amines) is 1. The largest absolute Gasteiger partial charge is 0.507 e. The second-order valence-electron chi connectivity index (χ2n) is 19.9. The van der Waals surface area contributed by atoms with E-state index in [0.717, 1.165) is 38.3 Å². The molecule has 9 rings (SSSR count). The number of ether oxygens (including phenoxy) is 2. The van der Waals surface area contributed by atoms with E-state index in [1.807, 2.05) is 12.0 Å². The molecule has 2 fully saturated rings. The quantitative estimate of drug-likeness (QED) is 0.178. The summed E-state index contributed by atoms with van der Waals surface area (Å²) in [6.07, 6.45) is 8.93. The molecule has 15 nitrogen and oxygen atoms in total. The fourth-order valence-electron chi connectivity index (χ4n) is 10.1. The van der Waals surface area contributed by atoms with Crippen LogP contribution in [-0.2, 0) is 14.4 Å². The minimum Gasteiger partial charge on any atom is -0.507 e. The van der Waals surface area contributed by atoms with Gasteiger partial charge in [0.2, 0.25) is 0 Å². The molecule has 5 bridgehead atoms. The van der Waals surface area contributed by atoms with E-state index in [4.69, 9.17) is 19.3 Å². The summed E-state index contributed by atoms with van der Waals surface area (Å²) in [6, 6.07) is 6.46. The second kappa shape index (κ2) is 19.9. The summed E-state index contributed by atoms with van der Waals surface area (Å²) < 4.78 is 26.2. The van der Waals surface area contributed by atoms with Crippen molar-refractivity contribution in [1.29, 1.82) is 0 Å². The third-order valence-electron chi connectivity index (χ3n) is 14.2. The molecule has 0 radical (unpaired) electrons. The minimum absolute atomic E-state index is 0.0611. The number of allylic oxidation sites excluding steroid dienone is 3. The van der Waals surface area contributed by atoms with Gasteiger partial charge in [-0.15, -0.1) is 0 Å². The van der Waals surface area contributed by atoms with E-state index in [2.05, 4.69) is 34.0 Å². The molecule has 6 heterocycles. The third-order valence-corrected chi connectivity index (χ3v) is 14.2. The number of rotatable bonds is 5. The SMILES string of the molecule is C/C1=C/C=C/C(C)[C@H](O)[C@@H](C)C(O)C[C@H](ON2CCCN(c3ccc(F)cc3)CC2)CC/C=C/OC2(C)Oc3c(C)c(O)c4c(O)c(c5c(c4c3C2=O)NC2(CCN(CC(C)C)CC2)N=5)=NC1=O. The molecule has 366 valence electrons. The zero-order chi connectivity index (χ0) is 48.7. The van der Waals surface area contributed by atoms with Crippen LogP contribution in [0.15, 0.2) is 70.4 Å². The molecule has 0 aromatic heterocycles. The number of carbonyl (C=O) groups is 2. The maximum absolute atomic E-state index is 14.8. The summed E-state index contributed by atoms with van der Waals surface area (Å²) >= 11 is 0. The molecule has 6 aliphatic rings. The van der Waals surface area contributed by atoms with Crippen LogP contribution in [-0.4, -0.2) is 118 Å². The Morgan fingerprint density at radius 1 is 0.971 bits per heavy atom. The van der Waals surface area contributed by atoms with E-state index >= 15 is 0 Å². The molecule has 0 aliphatic carbocycles. The monoisotopic (exact) mass is 938 g/mol. The number of aliphatic hydroxyl groups is 2. The van der Waals surface area contributed by atoms with E-state index in [-0.39, 0.29) is 61.9 Å². The first-order valence-electron chi connectivity index (χ1n) is 24.2. The number of halogens is 1. The highest BCUT2D eigenvalue weighted by Gasteiger charge is 2.50. The number of nitrogens with one attached hydrogen (secondary N) is 1. The molecule has 6 aliphatic heterocycles. The molecule has 1 amide bonds. The molecule has 6 atom stereocenters. The van der Waals surface area contributed by atoms with Gasteiger partial charge < -0.3 is 45.0 Å². The van der Waals surface area contributed by atoms with E-state index in [1.165, 1.54) is 25.3 Å². The molecule has 0 saturated carbocycles. The number of aliphatic hydroxyl groups excluding tert-OH is 2. The predicted octanol–water partition coefficient (Wildman–Crippen LogP) is 6.35. The summed E-state index contributed by atoms with van der Waals surface area (Å²) in [4.78, 5) is 49.5. The van der Waals surface area contributed by atoms with Gasteiger partial charge in [0.05, 0.1) is 41.2 Å². The van der Waals surface area contributed by atoms with Gasteiger partial charge in [-0.25, -0.2) is 9.38 Å². The Kier molecular flexibility index (Phi) is 14.4. The van der Waals surface area contributed by atoms with Crippen LogP contribution in [0.3, 0.4) is 0 Å². The number of hydrogen-bond acceptors (Lipinski definition) is 14. The van der Waals surface area contributed by atoms with Gasteiger partial charge in [0.25, 0.3) is 11.7 Å². The Morgan fingerprint density at radius 3 is 2.43 bits per heavy atom. The van der Waals surface area contributed by atoms with Crippen molar-refractivity contribution in [2.75, 3.05) is 56.0 Å². The van der Waals surface area contributed by atoms with Crippen molar-refractivity contribution >= 4 is 33.8 Å².